The Morgan fingerprint density at radius 1 is 1.00 bits per heavy atom. The molecule has 142 valence electrons. The summed E-state index contributed by atoms with van der Waals surface area (Å²) in [4.78, 5) is 12.5. The Morgan fingerprint density at radius 3 is 2.33 bits per heavy atom. The Kier molecular flexibility index (Phi) is 5.84. The molecule has 0 atom stereocenters. The van der Waals surface area contributed by atoms with E-state index in [1.165, 1.54) is 16.4 Å². The number of nitrogens with zero attached hydrogens (tertiary/aromatic N) is 1. The van der Waals surface area contributed by atoms with Crippen molar-refractivity contribution in [3.05, 3.63) is 71.3 Å². The van der Waals surface area contributed by atoms with E-state index in [4.69, 9.17) is 11.6 Å². The Hall–Kier alpha value is -2.35. The highest BCUT2D eigenvalue weighted by Gasteiger charge is 2.27. The largest absolute Gasteiger partial charge is 0.298 e. The van der Waals surface area contributed by atoms with Crippen LogP contribution in [0.5, 0.6) is 0 Å². The van der Waals surface area contributed by atoms with E-state index in [9.17, 15) is 13.2 Å². The molecule has 1 aliphatic rings. The number of rotatable bonds is 6. The van der Waals surface area contributed by atoms with E-state index in [0.717, 1.165) is 18.4 Å². The molecule has 0 aromatic heterocycles. The SMILES string of the molecule is C=C(NNC(=O)c1cccc(S(=O)(=O)N2CCCC2)c1)c1ccc(Cl)cc1. The summed E-state index contributed by atoms with van der Waals surface area (Å²) < 4.78 is 26.7. The molecule has 1 heterocycles. The maximum Gasteiger partial charge on any atom is 0.269 e. The number of carbonyl (C=O) groups is 1. The average Bonchev–Trinajstić information content (AvgIpc) is 3.22. The van der Waals surface area contributed by atoms with Gasteiger partial charge in [-0.2, -0.15) is 4.31 Å². The number of hydrogen-bond donors (Lipinski definition) is 2. The fourth-order valence-corrected chi connectivity index (χ4v) is 4.49. The molecule has 27 heavy (non-hydrogen) atoms. The quantitative estimate of drug-likeness (QED) is 0.724. The van der Waals surface area contributed by atoms with Crippen LogP contribution in [0.2, 0.25) is 5.02 Å². The maximum atomic E-state index is 12.6. The summed E-state index contributed by atoms with van der Waals surface area (Å²) in [5.74, 6) is -0.455. The zero-order valence-electron chi connectivity index (χ0n) is 14.6. The summed E-state index contributed by atoms with van der Waals surface area (Å²) >= 11 is 5.85. The third kappa shape index (κ3) is 4.50. The van der Waals surface area contributed by atoms with Gasteiger partial charge in [-0.25, -0.2) is 8.42 Å². The van der Waals surface area contributed by atoms with Crippen LogP contribution < -0.4 is 10.9 Å². The van der Waals surface area contributed by atoms with Crippen molar-refractivity contribution in [2.45, 2.75) is 17.7 Å². The second-order valence-electron chi connectivity index (χ2n) is 6.20. The molecule has 0 bridgehead atoms. The third-order valence-corrected chi connectivity index (χ3v) is 6.47. The number of nitrogens with one attached hydrogen (secondary N) is 2. The summed E-state index contributed by atoms with van der Waals surface area (Å²) in [6, 6.07) is 13.0. The van der Waals surface area contributed by atoms with Crippen molar-refractivity contribution >= 4 is 33.2 Å². The standard InChI is InChI=1S/C19H20ClN3O3S/c1-14(15-7-9-17(20)10-8-15)21-22-19(24)16-5-4-6-18(13-16)27(25,26)23-11-2-3-12-23/h4-10,13,21H,1-3,11-12H2,(H,22,24). The van der Waals surface area contributed by atoms with Gasteiger partial charge in [-0.15, -0.1) is 0 Å². The molecule has 0 unspecified atom stereocenters. The van der Waals surface area contributed by atoms with E-state index in [2.05, 4.69) is 17.4 Å². The third-order valence-electron chi connectivity index (χ3n) is 4.32. The zero-order chi connectivity index (χ0) is 19.4. The van der Waals surface area contributed by atoms with Crippen molar-refractivity contribution in [1.29, 1.82) is 0 Å². The Labute approximate surface area is 163 Å². The summed E-state index contributed by atoms with van der Waals surface area (Å²) in [5, 5.41) is 0.603. The number of benzene rings is 2. The molecule has 2 aromatic carbocycles. The lowest BCUT2D eigenvalue weighted by molar-refractivity contribution is 0.0942. The molecule has 2 N–H and O–H groups in total. The van der Waals surface area contributed by atoms with E-state index in [-0.39, 0.29) is 10.5 Å². The van der Waals surface area contributed by atoms with Crippen LogP contribution >= 0.6 is 11.6 Å². The molecule has 6 nitrogen and oxygen atoms in total. The number of amides is 1. The first kappa shape index (κ1) is 19.4. The lowest BCUT2D eigenvalue weighted by Gasteiger charge is -2.16. The average molecular weight is 406 g/mol. The minimum absolute atomic E-state index is 0.119. The monoisotopic (exact) mass is 405 g/mol. The van der Waals surface area contributed by atoms with Crippen LogP contribution in [0.4, 0.5) is 0 Å². The molecule has 1 aliphatic heterocycles. The molecule has 0 saturated carbocycles. The molecular formula is C19H20ClN3O3S. The van der Waals surface area contributed by atoms with Crippen LogP contribution in [0.15, 0.2) is 60.0 Å². The lowest BCUT2D eigenvalue weighted by Crippen LogP contribution is -2.36. The molecule has 3 rings (SSSR count). The van der Waals surface area contributed by atoms with E-state index >= 15 is 0 Å². The number of carbonyl (C=O) groups excluding carboxylic acids is 1. The second kappa shape index (κ2) is 8.12. The van der Waals surface area contributed by atoms with Crippen LogP contribution in [0, 0.1) is 0 Å². The first-order chi connectivity index (χ1) is 12.9. The number of hydrogen-bond acceptors (Lipinski definition) is 4. The van der Waals surface area contributed by atoms with Crippen molar-refractivity contribution in [2.24, 2.45) is 0 Å². The highest BCUT2D eigenvalue weighted by Crippen LogP contribution is 2.21. The minimum atomic E-state index is -3.57. The summed E-state index contributed by atoms with van der Waals surface area (Å²) in [6.45, 7) is 4.89. The predicted octanol–water partition coefficient (Wildman–Crippen LogP) is 3.03. The van der Waals surface area contributed by atoms with Gasteiger partial charge in [0.2, 0.25) is 10.0 Å². The second-order valence-corrected chi connectivity index (χ2v) is 8.58. The van der Waals surface area contributed by atoms with Gasteiger partial charge in [0.1, 0.15) is 0 Å². The minimum Gasteiger partial charge on any atom is -0.298 e. The van der Waals surface area contributed by atoms with Crippen molar-refractivity contribution in [1.82, 2.24) is 15.2 Å². The van der Waals surface area contributed by atoms with Crippen molar-refractivity contribution in [3.8, 4) is 0 Å². The van der Waals surface area contributed by atoms with E-state index in [1.54, 1.807) is 36.4 Å². The molecule has 1 fully saturated rings. The Balaban J connectivity index is 1.68. The van der Waals surface area contributed by atoms with E-state index in [0.29, 0.717) is 23.8 Å². The van der Waals surface area contributed by atoms with Crippen LogP contribution in [0.1, 0.15) is 28.8 Å². The van der Waals surface area contributed by atoms with Gasteiger partial charge in [0.05, 0.1) is 10.6 Å². The van der Waals surface area contributed by atoms with Crippen LogP contribution in [-0.2, 0) is 10.0 Å². The summed E-state index contributed by atoms with van der Waals surface area (Å²) in [6.07, 6.45) is 1.71. The van der Waals surface area contributed by atoms with E-state index in [1.807, 2.05) is 0 Å². The fourth-order valence-electron chi connectivity index (χ4n) is 2.80. The summed E-state index contributed by atoms with van der Waals surface area (Å²) in [7, 11) is -3.57. The number of hydrazine groups is 1. The Morgan fingerprint density at radius 2 is 1.67 bits per heavy atom. The molecule has 1 amide bonds. The van der Waals surface area contributed by atoms with Gasteiger partial charge in [-0.1, -0.05) is 36.4 Å². The van der Waals surface area contributed by atoms with Crippen molar-refractivity contribution in [3.63, 3.8) is 0 Å². The molecular weight excluding hydrogens is 386 g/mol. The number of halogens is 1. The maximum absolute atomic E-state index is 12.6. The fraction of sp³-hybridized carbons (Fsp3) is 0.211. The highest BCUT2D eigenvalue weighted by atomic mass is 35.5. The van der Waals surface area contributed by atoms with Gasteiger partial charge in [-0.05, 0) is 48.7 Å². The first-order valence-corrected chi connectivity index (χ1v) is 10.3. The molecule has 8 heteroatoms. The normalized spacial score (nSPS) is 14.7. The Bertz CT molecular complexity index is 952. The van der Waals surface area contributed by atoms with Gasteiger partial charge >= 0.3 is 0 Å². The van der Waals surface area contributed by atoms with Gasteiger partial charge in [0.15, 0.2) is 0 Å². The molecule has 0 spiro atoms. The van der Waals surface area contributed by atoms with Gasteiger partial charge < -0.3 is 0 Å². The van der Waals surface area contributed by atoms with Crippen LogP contribution in [-0.4, -0.2) is 31.7 Å². The van der Waals surface area contributed by atoms with Crippen LogP contribution in [0.25, 0.3) is 5.70 Å². The van der Waals surface area contributed by atoms with Gasteiger partial charge in [-0.3, -0.25) is 15.6 Å². The molecule has 0 radical (unpaired) electrons. The van der Waals surface area contributed by atoms with Crippen molar-refractivity contribution in [2.75, 3.05) is 13.1 Å². The first-order valence-electron chi connectivity index (χ1n) is 8.49. The number of sulfonamides is 1. The topological polar surface area (TPSA) is 78.5 Å². The van der Waals surface area contributed by atoms with Crippen LogP contribution in [0.3, 0.4) is 0 Å². The molecule has 2 aromatic rings. The smallest absolute Gasteiger partial charge is 0.269 e. The zero-order valence-corrected chi connectivity index (χ0v) is 16.2. The lowest BCUT2D eigenvalue weighted by atomic mass is 10.2. The van der Waals surface area contributed by atoms with Gasteiger partial charge in [0.25, 0.3) is 5.91 Å². The van der Waals surface area contributed by atoms with E-state index < -0.39 is 15.9 Å². The molecule has 0 aliphatic carbocycles. The van der Waals surface area contributed by atoms with Crippen molar-refractivity contribution < 1.29 is 13.2 Å². The summed E-state index contributed by atoms with van der Waals surface area (Å²) in [5.41, 5.74) is 6.76. The predicted molar refractivity (Wildman–Crippen MR) is 106 cm³/mol. The molecule has 1 saturated heterocycles. The van der Waals surface area contributed by atoms with Gasteiger partial charge in [0, 0.05) is 23.7 Å². The highest BCUT2D eigenvalue weighted by molar-refractivity contribution is 7.89.